The summed E-state index contributed by atoms with van der Waals surface area (Å²) in [5, 5.41) is 3.91. The highest BCUT2D eigenvalue weighted by Crippen LogP contribution is 2.50. The van der Waals surface area contributed by atoms with Crippen LogP contribution in [-0.4, -0.2) is 12.6 Å². The Bertz CT molecular complexity index is 263. The highest BCUT2D eigenvalue weighted by Gasteiger charge is 2.42. The van der Waals surface area contributed by atoms with E-state index >= 15 is 0 Å². The molecule has 2 aliphatic rings. The normalized spacial score (nSPS) is 29.1. The largest absolute Gasteiger partial charge is 0.314 e. The molecule has 0 saturated heterocycles. The van der Waals surface area contributed by atoms with Crippen LogP contribution in [0.25, 0.3) is 0 Å². The van der Waals surface area contributed by atoms with Crippen LogP contribution in [-0.2, 0) is 0 Å². The van der Waals surface area contributed by atoms with Crippen LogP contribution in [0.3, 0.4) is 0 Å². The predicted octanol–water partition coefficient (Wildman–Crippen LogP) is 5.93. The molecular weight excluding hydrogens is 254 g/mol. The third kappa shape index (κ3) is 5.58. The fraction of sp³-hybridized carbons (Fsp3) is 1.00. The third-order valence-corrected chi connectivity index (χ3v) is 6.08. The highest BCUT2D eigenvalue weighted by molar-refractivity contribution is 4.95. The molecule has 21 heavy (non-hydrogen) atoms. The SMILES string of the molecule is CCCCCCCCCC(NCCC)C1CC2CCC1C2. The highest BCUT2D eigenvalue weighted by atomic mass is 14.9. The molecule has 0 spiro atoms. The molecule has 2 bridgehead atoms. The van der Waals surface area contributed by atoms with Crippen molar-refractivity contribution in [2.75, 3.05) is 6.54 Å². The van der Waals surface area contributed by atoms with Crippen molar-refractivity contribution >= 4 is 0 Å². The lowest BCUT2D eigenvalue weighted by molar-refractivity contribution is 0.234. The van der Waals surface area contributed by atoms with Gasteiger partial charge in [0, 0.05) is 6.04 Å². The molecule has 2 aliphatic carbocycles. The summed E-state index contributed by atoms with van der Waals surface area (Å²) < 4.78 is 0. The second-order valence-corrected chi connectivity index (χ2v) is 7.81. The Kier molecular flexibility index (Phi) is 8.14. The van der Waals surface area contributed by atoms with Crippen molar-refractivity contribution in [2.24, 2.45) is 17.8 Å². The monoisotopic (exact) mass is 293 g/mol. The minimum atomic E-state index is 0.843. The van der Waals surface area contributed by atoms with Gasteiger partial charge in [-0.2, -0.15) is 0 Å². The van der Waals surface area contributed by atoms with Gasteiger partial charge >= 0.3 is 0 Å². The minimum Gasteiger partial charge on any atom is -0.314 e. The first kappa shape index (κ1) is 17.3. The molecule has 1 nitrogen and oxygen atoms in total. The van der Waals surface area contributed by atoms with Crippen LogP contribution in [0.5, 0.6) is 0 Å². The van der Waals surface area contributed by atoms with Gasteiger partial charge in [-0.05, 0) is 56.4 Å². The predicted molar refractivity (Wildman–Crippen MR) is 93.6 cm³/mol. The van der Waals surface area contributed by atoms with Crippen LogP contribution in [0.15, 0.2) is 0 Å². The number of hydrogen-bond acceptors (Lipinski definition) is 1. The van der Waals surface area contributed by atoms with Gasteiger partial charge in [-0.1, -0.05) is 65.2 Å². The minimum absolute atomic E-state index is 0.843. The van der Waals surface area contributed by atoms with E-state index in [1.54, 1.807) is 19.3 Å². The Morgan fingerprint density at radius 1 is 0.857 bits per heavy atom. The van der Waals surface area contributed by atoms with Gasteiger partial charge < -0.3 is 5.32 Å². The van der Waals surface area contributed by atoms with Crippen molar-refractivity contribution in [3.63, 3.8) is 0 Å². The molecule has 0 radical (unpaired) electrons. The van der Waals surface area contributed by atoms with Gasteiger partial charge in [-0.25, -0.2) is 0 Å². The first-order valence-electron chi connectivity index (χ1n) is 10.1. The zero-order valence-electron chi connectivity index (χ0n) is 14.7. The Labute approximate surface area is 133 Å². The topological polar surface area (TPSA) is 12.0 Å². The molecule has 4 unspecified atom stereocenters. The van der Waals surface area contributed by atoms with Gasteiger partial charge in [-0.3, -0.25) is 0 Å². The number of nitrogens with one attached hydrogen (secondary N) is 1. The molecule has 0 aromatic heterocycles. The molecule has 0 amide bonds. The van der Waals surface area contributed by atoms with Crippen molar-refractivity contribution in [3.05, 3.63) is 0 Å². The van der Waals surface area contributed by atoms with E-state index in [-0.39, 0.29) is 0 Å². The van der Waals surface area contributed by atoms with Crippen molar-refractivity contribution in [1.82, 2.24) is 5.32 Å². The van der Waals surface area contributed by atoms with E-state index in [9.17, 15) is 0 Å². The zero-order valence-corrected chi connectivity index (χ0v) is 14.7. The summed E-state index contributed by atoms with van der Waals surface area (Å²) in [5.74, 6) is 3.20. The molecule has 0 aliphatic heterocycles. The van der Waals surface area contributed by atoms with E-state index in [4.69, 9.17) is 0 Å². The maximum absolute atomic E-state index is 3.91. The van der Waals surface area contributed by atoms with Crippen LogP contribution >= 0.6 is 0 Å². The second-order valence-electron chi connectivity index (χ2n) is 7.81. The Balaban J connectivity index is 1.63. The van der Waals surface area contributed by atoms with Crippen LogP contribution in [0, 0.1) is 17.8 Å². The molecule has 1 N–H and O–H groups in total. The average Bonchev–Trinajstić information content (AvgIpc) is 3.12. The average molecular weight is 294 g/mol. The zero-order chi connectivity index (χ0) is 14.9. The molecule has 0 aromatic rings. The number of rotatable bonds is 12. The molecule has 124 valence electrons. The molecule has 1 heteroatoms. The lowest BCUT2D eigenvalue weighted by Crippen LogP contribution is -2.39. The van der Waals surface area contributed by atoms with Gasteiger partial charge in [0.05, 0.1) is 0 Å². The van der Waals surface area contributed by atoms with Crippen LogP contribution in [0.4, 0.5) is 0 Å². The van der Waals surface area contributed by atoms with Crippen molar-refractivity contribution in [1.29, 1.82) is 0 Å². The van der Waals surface area contributed by atoms with E-state index in [2.05, 4.69) is 19.2 Å². The maximum atomic E-state index is 3.91. The van der Waals surface area contributed by atoms with E-state index in [0.29, 0.717) is 0 Å². The van der Waals surface area contributed by atoms with Gasteiger partial charge in [-0.15, -0.1) is 0 Å². The Morgan fingerprint density at radius 3 is 2.24 bits per heavy atom. The maximum Gasteiger partial charge on any atom is 0.00980 e. The van der Waals surface area contributed by atoms with E-state index in [1.165, 1.54) is 70.8 Å². The molecule has 2 fully saturated rings. The van der Waals surface area contributed by atoms with Gasteiger partial charge in [0.15, 0.2) is 0 Å². The standard InChI is InChI=1S/C20H39N/c1-3-5-6-7-8-9-10-11-20(21-14-4-2)19-16-17-12-13-18(19)15-17/h17-21H,3-16H2,1-2H3. The first-order valence-corrected chi connectivity index (χ1v) is 10.1. The summed E-state index contributed by atoms with van der Waals surface area (Å²) in [6, 6.07) is 0.843. The molecule has 4 atom stereocenters. The molecule has 0 aromatic carbocycles. The smallest absolute Gasteiger partial charge is 0.00980 e. The lowest BCUT2D eigenvalue weighted by atomic mass is 9.81. The summed E-state index contributed by atoms with van der Waals surface area (Å²) in [5.41, 5.74) is 0. The van der Waals surface area contributed by atoms with Crippen LogP contribution in [0.1, 0.15) is 97.3 Å². The number of unbranched alkanes of at least 4 members (excludes halogenated alkanes) is 6. The van der Waals surface area contributed by atoms with Crippen molar-refractivity contribution < 1.29 is 0 Å². The molecule has 2 saturated carbocycles. The third-order valence-electron chi connectivity index (χ3n) is 6.08. The summed E-state index contributed by atoms with van der Waals surface area (Å²) in [6.07, 6.45) is 19.0. The fourth-order valence-electron chi connectivity index (χ4n) is 4.91. The van der Waals surface area contributed by atoms with Crippen LogP contribution in [0.2, 0.25) is 0 Å². The quantitative estimate of drug-likeness (QED) is 0.440. The van der Waals surface area contributed by atoms with Crippen LogP contribution < -0.4 is 5.32 Å². The summed E-state index contributed by atoms with van der Waals surface area (Å²) in [7, 11) is 0. The lowest BCUT2D eigenvalue weighted by Gasteiger charge is -2.31. The molecular formula is C20H39N. The Hall–Kier alpha value is -0.0400. The molecule has 2 rings (SSSR count). The Morgan fingerprint density at radius 2 is 1.62 bits per heavy atom. The summed E-state index contributed by atoms with van der Waals surface area (Å²) in [4.78, 5) is 0. The fourth-order valence-corrected chi connectivity index (χ4v) is 4.91. The number of hydrogen-bond donors (Lipinski definition) is 1. The first-order chi connectivity index (χ1) is 10.3. The molecule has 0 heterocycles. The van der Waals surface area contributed by atoms with E-state index in [1.807, 2.05) is 0 Å². The van der Waals surface area contributed by atoms with Gasteiger partial charge in [0.1, 0.15) is 0 Å². The second kappa shape index (κ2) is 9.87. The van der Waals surface area contributed by atoms with E-state index < -0.39 is 0 Å². The number of fused-ring (bicyclic) bond motifs is 2. The summed E-state index contributed by atoms with van der Waals surface area (Å²) in [6.45, 7) is 5.84. The van der Waals surface area contributed by atoms with E-state index in [0.717, 1.165) is 23.8 Å². The van der Waals surface area contributed by atoms with Crippen molar-refractivity contribution in [3.8, 4) is 0 Å². The summed E-state index contributed by atoms with van der Waals surface area (Å²) >= 11 is 0. The van der Waals surface area contributed by atoms with Gasteiger partial charge in [0.2, 0.25) is 0 Å². The van der Waals surface area contributed by atoms with Gasteiger partial charge in [0.25, 0.3) is 0 Å². The van der Waals surface area contributed by atoms with Crippen molar-refractivity contribution in [2.45, 2.75) is 103 Å².